The molecule has 4 aromatic rings. The third-order valence-corrected chi connectivity index (χ3v) is 8.34. The fourth-order valence-electron chi connectivity index (χ4n) is 6.35. The Morgan fingerprint density at radius 1 is 0.977 bits per heavy atom. The predicted octanol–water partition coefficient (Wildman–Crippen LogP) is 6.07. The van der Waals surface area contributed by atoms with Crippen LogP contribution in [0, 0.1) is 23.4 Å². The Morgan fingerprint density at radius 3 is 2.39 bits per heavy atom. The second-order valence-corrected chi connectivity index (χ2v) is 11.2. The molecule has 1 saturated carbocycles. The van der Waals surface area contributed by atoms with Gasteiger partial charge in [-0.15, -0.1) is 0 Å². The van der Waals surface area contributed by atoms with Crippen LogP contribution in [-0.4, -0.2) is 32.2 Å². The molecule has 2 heterocycles. The van der Waals surface area contributed by atoms with Gasteiger partial charge in [0.2, 0.25) is 0 Å². The van der Waals surface area contributed by atoms with Crippen molar-refractivity contribution in [3.05, 3.63) is 106 Å². The molecule has 1 atom stereocenters. The number of nitrogens with zero attached hydrogens (tertiary/aromatic N) is 3. The highest BCUT2D eigenvalue weighted by molar-refractivity contribution is 6.03. The van der Waals surface area contributed by atoms with Crippen molar-refractivity contribution in [2.24, 2.45) is 11.7 Å². The number of carbonyl (C=O) groups is 3. The number of benzene rings is 2. The standard InChI is InChI=1S/C32H25F5N4O3/c33-20-7-15(8-21(34)13-20)6-17(27-23(2-1-5-39-27)16-3-4-25(35)24(12-16)32(38)44)11-22(42)14-41-29-18-9-19(10-18)30(43)26(29)28(40-41)31(36)37/h1-5,7-8,12-13,17-19,31H,6,9-11,14H2,(H2,38,44)/t17-,18?,19?/m1/s1. The number of hydrogen-bond donors (Lipinski definition) is 1. The molecule has 2 bridgehead atoms. The molecule has 2 aromatic carbocycles. The Balaban J connectivity index is 1.37. The van der Waals surface area contributed by atoms with Crippen LogP contribution in [0.2, 0.25) is 0 Å². The van der Waals surface area contributed by atoms with Crippen LogP contribution in [0.1, 0.15) is 80.9 Å². The van der Waals surface area contributed by atoms with E-state index in [4.69, 9.17) is 5.73 Å². The monoisotopic (exact) mass is 608 g/mol. The zero-order valence-electron chi connectivity index (χ0n) is 23.1. The van der Waals surface area contributed by atoms with Crippen LogP contribution >= 0.6 is 0 Å². The minimum absolute atomic E-state index is 0.0450. The molecule has 0 unspecified atom stereocenters. The first-order valence-corrected chi connectivity index (χ1v) is 13.9. The summed E-state index contributed by atoms with van der Waals surface area (Å²) in [6.45, 7) is -0.401. The Hall–Kier alpha value is -4.74. The number of aromatic nitrogens is 3. The molecule has 2 N–H and O–H groups in total. The molecule has 3 aliphatic carbocycles. The Bertz CT molecular complexity index is 1800. The quantitative estimate of drug-likeness (QED) is 0.220. The molecule has 1 fully saturated rings. The van der Waals surface area contributed by atoms with E-state index >= 15 is 0 Å². The second-order valence-electron chi connectivity index (χ2n) is 11.2. The van der Waals surface area contributed by atoms with Gasteiger partial charge in [-0.25, -0.2) is 22.0 Å². The fraction of sp³-hybridized carbons (Fsp3) is 0.281. The van der Waals surface area contributed by atoms with Crippen LogP contribution in [-0.2, 0) is 17.8 Å². The number of carbonyl (C=O) groups excluding carboxylic acids is 3. The average molecular weight is 609 g/mol. The van der Waals surface area contributed by atoms with Crippen LogP contribution in [0.25, 0.3) is 11.1 Å². The molecule has 7 nitrogen and oxygen atoms in total. The first kappa shape index (κ1) is 29.3. The van der Waals surface area contributed by atoms with Crippen molar-refractivity contribution in [1.82, 2.24) is 14.8 Å². The Morgan fingerprint density at radius 2 is 1.70 bits per heavy atom. The zero-order chi connectivity index (χ0) is 31.3. The molecule has 0 spiro atoms. The maximum absolute atomic E-state index is 14.3. The van der Waals surface area contributed by atoms with Crippen molar-refractivity contribution in [2.45, 2.75) is 50.5 Å². The number of rotatable bonds is 10. The number of ketones is 2. The number of alkyl halides is 2. The largest absolute Gasteiger partial charge is 0.366 e. The number of Topliss-reactive ketones (excluding diaryl/α,β-unsaturated/α-hetero) is 2. The van der Waals surface area contributed by atoms with Crippen LogP contribution < -0.4 is 5.73 Å². The third kappa shape index (κ3) is 5.40. The second kappa shape index (κ2) is 11.4. The lowest BCUT2D eigenvalue weighted by Gasteiger charge is -2.40. The summed E-state index contributed by atoms with van der Waals surface area (Å²) in [5.74, 6) is -5.52. The Labute approximate surface area is 247 Å². The van der Waals surface area contributed by atoms with Gasteiger partial charge >= 0.3 is 0 Å². The molecule has 7 rings (SSSR count). The van der Waals surface area contributed by atoms with Crippen LogP contribution in [0.15, 0.2) is 54.7 Å². The smallest absolute Gasteiger partial charge is 0.282 e. The number of pyridine rings is 1. The van der Waals surface area contributed by atoms with E-state index in [1.807, 2.05) is 0 Å². The molecule has 2 aromatic heterocycles. The number of primary amides is 1. The van der Waals surface area contributed by atoms with E-state index < -0.39 is 53.7 Å². The average Bonchev–Trinajstić information content (AvgIpc) is 3.32. The highest BCUT2D eigenvalue weighted by Crippen LogP contribution is 2.51. The molecule has 0 aliphatic heterocycles. The summed E-state index contributed by atoms with van der Waals surface area (Å²) in [7, 11) is 0. The molecular weight excluding hydrogens is 583 g/mol. The van der Waals surface area contributed by atoms with Gasteiger partial charge in [0.05, 0.1) is 29.1 Å². The van der Waals surface area contributed by atoms with Gasteiger partial charge in [0.25, 0.3) is 12.3 Å². The van der Waals surface area contributed by atoms with Crippen molar-refractivity contribution in [2.75, 3.05) is 0 Å². The molecule has 226 valence electrons. The van der Waals surface area contributed by atoms with E-state index in [1.165, 1.54) is 23.0 Å². The maximum atomic E-state index is 14.3. The summed E-state index contributed by atoms with van der Waals surface area (Å²) >= 11 is 0. The summed E-state index contributed by atoms with van der Waals surface area (Å²) in [6.07, 6.45) is -0.787. The number of hydrogen-bond acceptors (Lipinski definition) is 5. The van der Waals surface area contributed by atoms with Gasteiger partial charge < -0.3 is 5.73 Å². The van der Waals surface area contributed by atoms with Gasteiger partial charge in [0, 0.05) is 42.0 Å². The zero-order valence-corrected chi connectivity index (χ0v) is 23.1. The first-order valence-electron chi connectivity index (χ1n) is 13.9. The summed E-state index contributed by atoms with van der Waals surface area (Å²) in [5, 5.41) is 3.98. The number of amides is 1. The molecule has 12 heteroatoms. The van der Waals surface area contributed by atoms with Gasteiger partial charge in [-0.1, -0.05) is 12.1 Å². The molecule has 0 saturated heterocycles. The summed E-state index contributed by atoms with van der Waals surface area (Å²) in [5.41, 5.74) is 5.93. The maximum Gasteiger partial charge on any atom is 0.282 e. The lowest BCUT2D eigenvalue weighted by molar-refractivity contribution is -0.120. The van der Waals surface area contributed by atoms with Gasteiger partial charge in [-0.3, -0.25) is 24.0 Å². The minimum Gasteiger partial charge on any atom is -0.366 e. The molecule has 1 amide bonds. The SMILES string of the molecule is NC(=O)c1cc(-c2cccnc2[C@@H](CC(=O)Cn2nc(C(F)F)c3c2C2CC(C2)C3=O)Cc2cc(F)cc(F)c2)ccc1F. The van der Waals surface area contributed by atoms with E-state index in [0.29, 0.717) is 41.4 Å². The Kier molecular flexibility index (Phi) is 7.60. The van der Waals surface area contributed by atoms with E-state index in [1.54, 1.807) is 12.1 Å². The fourth-order valence-corrected chi connectivity index (χ4v) is 6.35. The van der Waals surface area contributed by atoms with Gasteiger partial charge in [0.15, 0.2) is 11.6 Å². The highest BCUT2D eigenvalue weighted by Gasteiger charge is 2.48. The summed E-state index contributed by atoms with van der Waals surface area (Å²) in [6, 6.07) is 9.94. The first-order chi connectivity index (χ1) is 21.0. The van der Waals surface area contributed by atoms with Crippen LogP contribution in [0.3, 0.4) is 0 Å². The van der Waals surface area contributed by atoms with Crippen LogP contribution in [0.5, 0.6) is 0 Å². The molecule has 0 radical (unpaired) electrons. The normalized spacial score (nSPS) is 17.7. The summed E-state index contributed by atoms with van der Waals surface area (Å²) < 4.78 is 71.4. The van der Waals surface area contributed by atoms with E-state index in [9.17, 15) is 36.3 Å². The van der Waals surface area contributed by atoms with Crippen LogP contribution in [0.4, 0.5) is 22.0 Å². The van der Waals surface area contributed by atoms with Crippen molar-refractivity contribution in [3.8, 4) is 11.1 Å². The lowest BCUT2D eigenvalue weighted by Crippen LogP contribution is -2.37. The van der Waals surface area contributed by atoms with Gasteiger partial charge in [-0.05, 0) is 60.7 Å². The van der Waals surface area contributed by atoms with Crippen molar-refractivity contribution >= 4 is 17.5 Å². The van der Waals surface area contributed by atoms with Crippen molar-refractivity contribution in [3.63, 3.8) is 0 Å². The minimum atomic E-state index is -2.99. The lowest BCUT2D eigenvalue weighted by atomic mass is 9.63. The van der Waals surface area contributed by atoms with E-state index in [2.05, 4.69) is 10.1 Å². The van der Waals surface area contributed by atoms with Crippen molar-refractivity contribution < 1.29 is 36.3 Å². The van der Waals surface area contributed by atoms with E-state index in [0.717, 1.165) is 18.2 Å². The van der Waals surface area contributed by atoms with E-state index in [-0.39, 0.29) is 47.2 Å². The number of nitrogens with two attached hydrogens (primary N) is 1. The molecule has 3 aliphatic rings. The third-order valence-electron chi connectivity index (χ3n) is 8.34. The van der Waals surface area contributed by atoms with Gasteiger partial charge in [0.1, 0.15) is 23.1 Å². The van der Waals surface area contributed by atoms with Crippen molar-refractivity contribution in [1.29, 1.82) is 0 Å². The molecule has 44 heavy (non-hydrogen) atoms. The topological polar surface area (TPSA) is 108 Å². The number of halogens is 5. The van der Waals surface area contributed by atoms with Gasteiger partial charge in [-0.2, -0.15) is 5.10 Å². The predicted molar refractivity (Wildman–Crippen MR) is 148 cm³/mol. The highest BCUT2D eigenvalue weighted by atomic mass is 19.3. The summed E-state index contributed by atoms with van der Waals surface area (Å²) in [4.78, 5) is 42.6. The molecular formula is C32H25F5N4O3.